The molecular weight excluding hydrogens is 599 g/mol. The van der Waals surface area contributed by atoms with E-state index in [9.17, 15) is 0 Å². The third-order valence-electron chi connectivity index (χ3n) is 5.09. The van der Waals surface area contributed by atoms with Crippen LogP contribution in [0.1, 0.15) is 15.4 Å². The molecule has 0 saturated heterocycles. The van der Waals surface area contributed by atoms with Crippen molar-refractivity contribution in [1.82, 2.24) is 15.0 Å². The van der Waals surface area contributed by atoms with Gasteiger partial charge in [-0.1, -0.05) is 29.8 Å². The Balaban J connectivity index is 0.000000195. The fraction of sp³-hybridized carbons (Fsp3) is 0.0690. The van der Waals surface area contributed by atoms with Crippen molar-refractivity contribution in [3.05, 3.63) is 115 Å². The van der Waals surface area contributed by atoms with Gasteiger partial charge in [0.05, 0.1) is 11.1 Å². The first-order chi connectivity index (χ1) is 17.4. The van der Waals surface area contributed by atoms with Gasteiger partial charge >= 0.3 is 0 Å². The van der Waals surface area contributed by atoms with Gasteiger partial charge in [-0.3, -0.25) is 4.98 Å². The second-order valence-corrected chi connectivity index (χ2v) is 7.45. The Kier molecular flexibility index (Phi) is 6.12. The van der Waals surface area contributed by atoms with Crippen LogP contribution in [0.25, 0.3) is 44.6 Å². The van der Waals surface area contributed by atoms with Crippen LogP contribution in [0, 0.1) is 25.9 Å². The summed E-state index contributed by atoms with van der Waals surface area (Å²) in [6, 6.07) is 30.5. The van der Waals surface area contributed by atoms with Gasteiger partial charge in [0.1, 0.15) is 5.58 Å². The Morgan fingerprint density at radius 1 is 0.853 bits per heavy atom. The Bertz CT molecular complexity index is 1620. The van der Waals surface area contributed by atoms with E-state index in [0.29, 0.717) is 16.7 Å². The maximum atomic E-state index is 7.51. The van der Waals surface area contributed by atoms with Gasteiger partial charge in [0.25, 0.3) is 0 Å². The van der Waals surface area contributed by atoms with Gasteiger partial charge in [-0.15, -0.1) is 54.1 Å². The number of aromatic nitrogens is 3. The number of pyridine rings is 3. The molecule has 6 rings (SSSR count). The maximum absolute atomic E-state index is 7.51. The smallest absolute Gasteiger partial charge is 0.139 e. The molecule has 0 fully saturated rings. The summed E-state index contributed by atoms with van der Waals surface area (Å²) in [4.78, 5) is 12.9. The fourth-order valence-corrected chi connectivity index (χ4v) is 3.49. The van der Waals surface area contributed by atoms with Crippen LogP contribution in [0.3, 0.4) is 0 Å². The molecule has 6 aromatic rings. The van der Waals surface area contributed by atoms with Crippen molar-refractivity contribution in [3.8, 4) is 22.5 Å². The van der Waals surface area contributed by atoms with Crippen LogP contribution in [0.4, 0.5) is 0 Å². The van der Waals surface area contributed by atoms with Gasteiger partial charge < -0.3 is 14.4 Å². The zero-order valence-corrected chi connectivity index (χ0v) is 20.6. The molecule has 0 spiro atoms. The van der Waals surface area contributed by atoms with Crippen molar-refractivity contribution >= 4 is 22.1 Å². The molecule has 0 bridgehead atoms. The SMILES string of the molecule is Cc1ccc(-c2[c-]cccc2)nc1.[2H]C([2H])([2H])c1ccc2oc3c(-c4ccccn4)[c-]ccc3c2n1.[Ir]. The summed E-state index contributed by atoms with van der Waals surface area (Å²) < 4.78 is 28.4. The number of furan rings is 1. The molecule has 0 aliphatic heterocycles. The van der Waals surface area contributed by atoms with E-state index in [1.54, 1.807) is 18.3 Å². The molecule has 1 radical (unpaired) electrons. The van der Waals surface area contributed by atoms with Crippen LogP contribution in [-0.4, -0.2) is 15.0 Å². The van der Waals surface area contributed by atoms with Gasteiger partial charge in [-0.05, 0) is 54.3 Å². The first-order valence-electron chi connectivity index (χ1n) is 12.0. The van der Waals surface area contributed by atoms with Crippen molar-refractivity contribution in [2.45, 2.75) is 13.8 Å². The second kappa shape index (κ2) is 10.5. The molecule has 4 heterocycles. The molecule has 4 aromatic heterocycles. The number of fused-ring (bicyclic) bond motifs is 3. The van der Waals surface area contributed by atoms with Gasteiger partial charge in [-0.2, -0.15) is 0 Å². The van der Waals surface area contributed by atoms with E-state index in [1.807, 2.05) is 67.7 Å². The van der Waals surface area contributed by atoms with Crippen LogP contribution in [0.5, 0.6) is 0 Å². The van der Waals surface area contributed by atoms with Gasteiger partial charge in [0, 0.05) is 42.3 Å². The number of hydrogen-bond acceptors (Lipinski definition) is 4. The molecule has 34 heavy (non-hydrogen) atoms. The quantitative estimate of drug-likeness (QED) is 0.195. The summed E-state index contributed by atoms with van der Waals surface area (Å²) in [5, 5.41) is 0.755. The van der Waals surface area contributed by atoms with Gasteiger partial charge in [0.15, 0.2) is 0 Å². The third-order valence-corrected chi connectivity index (χ3v) is 5.09. The predicted molar refractivity (Wildman–Crippen MR) is 132 cm³/mol. The first kappa shape index (κ1) is 19.8. The largest absolute Gasteiger partial charge is 0.499 e. The Labute approximate surface area is 216 Å². The minimum absolute atomic E-state index is 0. The third kappa shape index (κ3) is 4.96. The summed E-state index contributed by atoms with van der Waals surface area (Å²) >= 11 is 0. The van der Waals surface area contributed by atoms with Crippen LogP contribution >= 0.6 is 0 Å². The summed E-state index contributed by atoms with van der Waals surface area (Å²) in [7, 11) is 0. The van der Waals surface area contributed by atoms with Gasteiger partial charge in [-0.25, -0.2) is 0 Å². The standard InChI is InChI=1S/C17H11N2O.C12H10N.Ir/c1-11-8-9-15-16(19-11)13-6-4-5-12(17(13)20-15)14-7-2-3-10-18-14;1-10-7-8-12(13-9-10)11-5-3-2-4-6-11;/h2-4,6-10H,1H3;2-5,7-9H,1H3;/q2*-1;/i1D3;;. The summed E-state index contributed by atoms with van der Waals surface area (Å²) in [6.07, 6.45) is 3.58. The topological polar surface area (TPSA) is 51.8 Å². The molecule has 169 valence electrons. The molecule has 0 amide bonds. The molecule has 0 aliphatic rings. The Morgan fingerprint density at radius 2 is 1.76 bits per heavy atom. The van der Waals surface area contributed by atoms with Crippen molar-refractivity contribution in [1.29, 1.82) is 0 Å². The molecule has 0 N–H and O–H groups in total. The Hall–Kier alpha value is -3.66. The van der Waals surface area contributed by atoms with E-state index in [1.165, 1.54) is 11.6 Å². The van der Waals surface area contributed by atoms with Crippen molar-refractivity contribution in [2.24, 2.45) is 0 Å². The minimum Gasteiger partial charge on any atom is -0.499 e. The Morgan fingerprint density at radius 3 is 2.50 bits per heavy atom. The van der Waals surface area contributed by atoms with E-state index in [2.05, 4.69) is 33.2 Å². The predicted octanol–water partition coefficient (Wildman–Crippen LogP) is 7.01. The number of aryl methyl sites for hydroxylation is 2. The van der Waals surface area contributed by atoms with E-state index in [-0.39, 0.29) is 25.8 Å². The van der Waals surface area contributed by atoms with Crippen molar-refractivity contribution < 1.29 is 28.6 Å². The minimum atomic E-state index is -2.25. The normalized spacial score (nSPS) is 12.1. The van der Waals surface area contributed by atoms with Crippen LogP contribution in [0.2, 0.25) is 0 Å². The average Bonchev–Trinajstić information content (AvgIpc) is 3.28. The molecule has 5 heteroatoms. The number of rotatable bonds is 2. The van der Waals surface area contributed by atoms with E-state index < -0.39 is 6.85 Å². The van der Waals surface area contributed by atoms with Gasteiger partial charge in [0.2, 0.25) is 0 Å². The molecule has 4 nitrogen and oxygen atoms in total. The van der Waals surface area contributed by atoms with Crippen LogP contribution in [0.15, 0.2) is 95.7 Å². The second-order valence-electron chi connectivity index (χ2n) is 7.45. The first-order valence-corrected chi connectivity index (χ1v) is 10.5. The monoisotopic (exact) mass is 623 g/mol. The summed E-state index contributed by atoms with van der Waals surface area (Å²) in [5.74, 6) is 0. The maximum Gasteiger partial charge on any atom is 0.139 e. The van der Waals surface area contributed by atoms with E-state index in [4.69, 9.17) is 8.53 Å². The average molecular weight is 623 g/mol. The van der Waals surface area contributed by atoms with Crippen LogP contribution < -0.4 is 0 Å². The number of benzene rings is 2. The molecule has 0 atom stereocenters. The summed E-state index contributed by atoms with van der Waals surface area (Å²) in [6.45, 7) is -0.214. The van der Waals surface area contributed by atoms with E-state index in [0.717, 1.165) is 27.9 Å². The molecule has 0 aliphatic carbocycles. The van der Waals surface area contributed by atoms with E-state index >= 15 is 0 Å². The summed E-state index contributed by atoms with van der Waals surface area (Å²) in [5.41, 5.74) is 6.43. The van der Waals surface area contributed by atoms with Crippen molar-refractivity contribution in [2.75, 3.05) is 0 Å². The number of nitrogens with zero attached hydrogens (tertiary/aromatic N) is 3. The molecule has 0 unspecified atom stereocenters. The molecule has 2 aromatic carbocycles. The zero-order chi connectivity index (χ0) is 25.1. The fourth-order valence-electron chi connectivity index (χ4n) is 3.49. The molecular formula is C29H21IrN3O-2. The zero-order valence-electron chi connectivity index (χ0n) is 21.2. The number of hydrogen-bond donors (Lipinski definition) is 0. The molecule has 0 saturated carbocycles. The van der Waals surface area contributed by atoms with Crippen LogP contribution in [-0.2, 0) is 20.1 Å². The van der Waals surface area contributed by atoms with Crippen molar-refractivity contribution in [3.63, 3.8) is 0 Å².